The van der Waals surface area contributed by atoms with Crippen LogP contribution in [0.15, 0.2) is 24.9 Å². The van der Waals surface area contributed by atoms with Gasteiger partial charge in [-0.05, 0) is 22.6 Å². The fourth-order valence-corrected chi connectivity index (χ4v) is 1.40. The average molecular weight is 245 g/mol. The van der Waals surface area contributed by atoms with Gasteiger partial charge < -0.3 is 0 Å². The number of imidazole rings is 1. The van der Waals surface area contributed by atoms with E-state index in [1.165, 1.54) is 0 Å². The number of rotatable bonds is 0. The van der Waals surface area contributed by atoms with E-state index in [1.54, 1.807) is 18.7 Å². The van der Waals surface area contributed by atoms with Gasteiger partial charge in [-0.3, -0.25) is 4.40 Å². The molecule has 0 saturated heterocycles. The third kappa shape index (κ3) is 0.792. The lowest BCUT2D eigenvalue weighted by molar-refractivity contribution is 1.08. The molecule has 2 aromatic rings. The van der Waals surface area contributed by atoms with Crippen molar-refractivity contribution in [3.05, 3.63) is 28.5 Å². The number of hydrogen-bond donors (Lipinski definition) is 0. The Morgan fingerprint density at radius 3 is 3.20 bits per heavy atom. The number of fused-ring (bicyclic) bond motifs is 1. The van der Waals surface area contributed by atoms with Crippen LogP contribution in [0.1, 0.15) is 0 Å². The lowest BCUT2D eigenvalue weighted by Gasteiger charge is -1.91. The fraction of sp³-hybridized carbons (Fsp3) is 0. The van der Waals surface area contributed by atoms with Gasteiger partial charge in [0.05, 0.1) is 3.57 Å². The topological polar surface area (TPSA) is 30.2 Å². The highest BCUT2D eigenvalue weighted by Crippen LogP contribution is 2.08. The number of nitrogens with zero attached hydrogens (tertiary/aromatic N) is 3. The van der Waals surface area contributed by atoms with E-state index in [4.69, 9.17) is 0 Å². The molecular formula is C6H4IN3. The van der Waals surface area contributed by atoms with Gasteiger partial charge >= 0.3 is 0 Å². The van der Waals surface area contributed by atoms with Crippen molar-refractivity contribution in [2.45, 2.75) is 0 Å². The van der Waals surface area contributed by atoms with Gasteiger partial charge in [-0.1, -0.05) is 0 Å². The number of halogens is 1. The Labute approximate surface area is 71.3 Å². The molecule has 0 spiro atoms. The van der Waals surface area contributed by atoms with Gasteiger partial charge in [0.2, 0.25) is 0 Å². The highest BCUT2D eigenvalue weighted by Gasteiger charge is 1.96. The van der Waals surface area contributed by atoms with Crippen LogP contribution < -0.4 is 0 Å². The molecule has 0 bridgehead atoms. The van der Waals surface area contributed by atoms with E-state index in [1.807, 2.05) is 10.6 Å². The van der Waals surface area contributed by atoms with Crippen LogP contribution in [0, 0.1) is 3.57 Å². The summed E-state index contributed by atoms with van der Waals surface area (Å²) in [4.78, 5) is 8.13. The lowest BCUT2D eigenvalue weighted by Crippen LogP contribution is -1.87. The van der Waals surface area contributed by atoms with E-state index in [9.17, 15) is 0 Å². The van der Waals surface area contributed by atoms with Crippen LogP contribution in [-0.2, 0) is 0 Å². The second-order valence-electron chi connectivity index (χ2n) is 1.90. The molecule has 4 heteroatoms. The molecule has 0 radical (unpaired) electrons. The van der Waals surface area contributed by atoms with Crippen LogP contribution in [0.3, 0.4) is 0 Å². The van der Waals surface area contributed by atoms with Crippen LogP contribution in [0.4, 0.5) is 0 Å². The van der Waals surface area contributed by atoms with Crippen molar-refractivity contribution in [1.29, 1.82) is 0 Å². The van der Waals surface area contributed by atoms with Gasteiger partial charge in [0.15, 0.2) is 5.65 Å². The summed E-state index contributed by atoms with van der Waals surface area (Å²) in [6.45, 7) is 0. The molecular weight excluding hydrogens is 241 g/mol. The van der Waals surface area contributed by atoms with Crippen molar-refractivity contribution in [3.63, 3.8) is 0 Å². The fourth-order valence-electron chi connectivity index (χ4n) is 0.820. The summed E-state index contributed by atoms with van der Waals surface area (Å²) in [6.07, 6.45) is 7.18. The van der Waals surface area contributed by atoms with E-state index in [2.05, 4.69) is 32.6 Å². The Balaban J connectivity index is 2.95. The molecule has 0 atom stereocenters. The summed E-state index contributed by atoms with van der Waals surface area (Å²) in [5.74, 6) is 0. The molecule has 0 unspecified atom stereocenters. The molecule has 0 fully saturated rings. The van der Waals surface area contributed by atoms with Crippen LogP contribution in [0.2, 0.25) is 0 Å². The summed E-state index contributed by atoms with van der Waals surface area (Å²) in [7, 11) is 0. The van der Waals surface area contributed by atoms with E-state index >= 15 is 0 Å². The first-order valence-electron chi connectivity index (χ1n) is 2.80. The van der Waals surface area contributed by atoms with Gasteiger partial charge in [0, 0.05) is 18.6 Å². The molecule has 2 heterocycles. The SMILES string of the molecule is Ic1cncn2ccnc12. The zero-order chi connectivity index (χ0) is 6.97. The number of hydrogen-bond acceptors (Lipinski definition) is 2. The molecule has 0 N–H and O–H groups in total. The minimum absolute atomic E-state index is 0.968. The standard InChI is InChI=1S/C6H4IN3/c7-5-3-8-4-10-2-1-9-6(5)10/h1-4H. The maximum absolute atomic E-state index is 4.13. The molecule has 2 rings (SSSR count). The van der Waals surface area contributed by atoms with Crippen molar-refractivity contribution in [2.24, 2.45) is 0 Å². The maximum atomic E-state index is 4.13. The summed E-state index contributed by atoms with van der Waals surface area (Å²) < 4.78 is 2.96. The molecule has 0 saturated carbocycles. The molecule has 3 nitrogen and oxygen atoms in total. The van der Waals surface area contributed by atoms with E-state index in [0.29, 0.717) is 0 Å². The van der Waals surface area contributed by atoms with Gasteiger partial charge in [-0.15, -0.1) is 0 Å². The summed E-state index contributed by atoms with van der Waals surface area (Å²) in [5.41, 5.74) is 0.968. The predicted octanol–water partition coefficient (Wildman–Crippen LogP) is 1.33. The summed E-state index contributed by atoms with van der Waals surface area (Å²) in [5, 5.41) is 0. The summed E-state index contributed by atoms with van der Waals surface area (Å²) >= 11 is 2.21. The van der Waals surface area contributed by atoms with Gasteiger partial charge in [0.1, 0.15) is 6.33 Å². The first kappa shape index (κ1) is 6.09. The molecule has 0 amide bonds. The third-order valence-corrected chi connectivity index (χ3v) is 2.02. The smallest absolute Gasteiger partial charge is 0.152 e. The quantitative estimate of drug-likeness (QED) is 0.655. The van der Waals surface area contributed by atoms with Crippen LogP contribution in [0.5, 0.6) is 0 Å². The Hall–Kier alpha value is -0.650. The number of aromatic nitrogens is 3. The van der Waals surface area contributed by atoms with Crippen molar-refractivity contribution in [2.75, 3.05) is 0 Å². The normalized spacial score (nSPS) is 10.5. The highest BCUT2D eigenvalue weighted by atomic mass is 127. The summed E-state index contributed by atoms with van der Waals surface area (Å²) in [6, 6.07) is 0. The Bertz CT molecular complexity index is 355. The first-order valence-corrected chi connectivity index (χ1v) is 3.88. The van der Waals surface area contributed by atoms with E-state index in [0.717, 1.165) is 9.22 Å². The van der Waals surface area contributed by atoms with Crippen molar-refractivity contribution >= 4 is 28.2 Å². The zero-order valence-corrected chi connectivity index (χ0v) is 7.19. The van der Waals surface area contributed by atoms with Crippen molar-refractivity contribution in [1.82, 2.24) is 14.4 Å². The Kier molecular flexibility index (Phi) is 1.33. The monoisotopic (exact) mass is 245 g/mol. The average Bonchev–Trinajstić information content (AvgIpc) is 2.36. The predicted molar refractivity (Wildman–Crippen MR) is 45.7 cm³/mol. The van der Waals surface area contributed by atoms with Gasteiger partial charge in [0.25, 0.3) is 0 Å². The lowest BCUT2D eigenvalue weighted by atomic mass is 10.6. The molecule has 0 aliphatic carbocycles. The Morgan fingerprint density at radius 1 is 1.50 bits per heavy atom. The largest absolute Gasteiger partial charge is 0.290 e. The van der Waals surface area contributed by atoms with Crippen molar-refractivity contribution in [3.8, 4) is 0 Å². The molecule has 0 aromatic carbocycles. The Morgan fingerprint density at radius 2 is 2.40 bits per heavy atom. The molecule has 10 heavy (non-hydrogen) atoms. The minimum atomic E-state index is 0.968. The van der Waals surface area contributed by atoms with Crippen LogP contribution >= 0.6 is 22.6 Å². The molecule has 0 aliphatic heterocycles. The van der Waals surface area contributed by atoms with Gasteiger partial charge in [-0.25, -0.2) is 9.97 Å². The van der Waals surface area contributed by atoms with Crippen LogP contribution in [0.25, 0.3) is 5.65 Å². The molecule has 2 aromatic heterocycles. The highest BCUT2D eigenvalue weighted by molar-refractivity contribution is 14.1. The minimum Gasteiger partial charge on any atom is -0.290 e. The molecule has 0 aliphatic rings. The van der Waals surface area contributed by atoms with Gasteiger partial charge in [-0.2, -0.15) is 0 Å². The van der Waals surface area contributed by atoms with E-state index < -0.39 is 0 Å². The zero-order valence-electron chi connectivity index (χ0n) is 5.03. The second-order valence-corrected chi connectivity index (χ2v) is 3.06. The van der Waals surface area contributed by atoms with Crippen LogP contribution in [-0.4, -0.2) is 14.4 Å². The van der Waals surface area contributed by atoms with E-state index in [-0.39, 0.29) is 0 Å². The van der Waals surface area contributed by atoms with Crippen molar-refractivity contribution < 1.29 is 0 Å². The second kappa shape index (κ2) is 2.19. The first-order chi connectivity index (χ1) is 4.88. The maximum Gasteiger partial charge on any atom is 0.152 e. The third-order valence-electron chi connectivity index (χ3n) is 1.26. The molecule has 50 valence electrons.